The number of rotatable bonds is 3. The number of ether oxygens (including phenoxy) is 1. The summed E-state index contributed by atoms with van der Waals surface area (Å²) in [4.78, 5) is 13.6. The second kappa shape index (κ2) is 5.21. The molecule has 3 nitrogen and oxygen atoms in total. The predicted octanol–water partition coefficient (Wildman–Crippen LogP) is 2.30. The Morgan fingerprint density at radius 1 is 1.24 bits per heavy atom. The van der Waals surface area contributed by atoms with Gasteiger partial charge in [-0.05, 0) is 49.9 Å². The molecule has 0 unspecified atom stereocenters. The van der Waals surface area contributed by atoms with E-state index in [1.165, 1.54) is 11.1 Å². The van der Waals surface area contributed by atoms with Crippen molar-refractivity contribution in [2.24, 2.45) is 0 Å². The highest BCUT2D eigenvalue weighted by molar-refractivity contribution is 5.78. The minimum Gasteiger partial charge on any atom is -0.484 e. The first-order valence-corrected chi connectivity index (χ1v) is 6.14. The largest absolute Gasteiger partial charge is 0.484 e. The molecular formula is C14H19NO2. The summed E-state index contributed by atoms with van der Waals surface area (Å²) in [6.07, 6.45) is 2.24. The van der Waals surface area contributed by atoms with Crippen LogP contribution in [0.15, 0.2) is 18.2 Å². The highest BCUT2D eigenvalue weighted by atomic mass is 16.5. The van der Waals surface area contributed by atoms with Crippen LogP contribution in [0.2, 0.25) is 0 Å². The standard InChI is InChI=1S/C14H19NO2/c1-11-5-6-13(9-12(11)2)17-10-14(16)15-7-3-4-8-15/h5-6,9H,3-4,7-8,10H2,1-2H3. The number of hydrogen-bond acceptors (Lipinski definition) is 2. The van der Waals surface area contributed by atoms with Gasteiger partial charge in [0.25, 0.3) is 5.91 Å². The Morgan fingerprint density at radius 2 is 1.94 bits per heavy atom. The summed E-state index contributed by atoms with van der Waals surface area (Å²) in [5.41, 5.74) is 2.43. The molecule has 1 heterocycles. The van der Waals surface area contributed by atoms with E-state index in [9.17, 15) is 4.79 Å². The minimum atomic E-state index is 0.0979. The van der Waals surface area contributed by atoms with E-state index in [0.717, 1.165) is 31.7 Å². The quantitative estimate of drug-likeness (QED) is 0.801. The van der Waals surface area contributed by atoms with Gasteiger partial charge in [-0.15, -0.1) is 0 Å². The molecule has 0 radical (unpaired) electrons. The maximum atomic E-state index is 11.8. The molecule has 1 aliphatic rings. The molecular weight excluding hydrogens is 214 g/mol. The van der Waals surface area contributed by atoms with Gasteiger partial charge < -0.3 is 9.64 Å². The van der Waals surface area contributed by atoms with Crippen molar-refractivity contribution < 1.29 is 9.53 Å². The third kappa shape index (κ3) is 2.99. The molecule has 92 valence electrons. The van der Waals surface area contributed by atoms with Crippen molar-refractivity contribution >= 4 is 5.91 Å². The zero-order valence-corrected chi connectivity index (χ0v) is 10.5. The molecule has 1 fully saturated rings. The van der Waals surface area contributed by atoms with Gasteiger partial charge in [-0.25, -0.2) is 0 Å². The summed E-state index contributed by atoms with van der Waals surface area (Å²) in [6.45, 7) is 6.03. The third-order valence-corrected chi connectivity index (χ3v) is 3.30. The first kappa shape index (κ1) is 12.0. The summed E-state index contributed by atoms with van der Waals surface area (Å²) in [6, 6.07) is 5.91. The van der Waals surface area contributed by atoms with Crippen LogP contribution in [0, 0.1) is 13.8 Å². The van der Waals surface area contributed by atoms with Gasteiger partial charge in [-0.1, -0.05) is 6.07 Å². The molecule has 0 atom stereocenters. The molecule has 0 bridgehead atoms. The van der Waals surface area contributed by atoms with Crippen LogP contribution in [0.1, 0.15) is 24.0 Å². The fraction of sp³-hybridized carbons (Fsp3) is 0.500. The van der Waals surface area contributed by atoms with Crippen LogP contribution in [0.3, 0.4) is 0 Å². The van der Waals surface area contributed by atoms with Gasteiger partial charge in [0.2, 0.25) is 0 Å². The van der Waals surface area contributed by atoms with Gasteiger partial charge in [0.05, 0.1) is 0 Å². The Morgan fingerprint density at radius 3 is 2.59 bits per heavy atom. The normalized spacial score (nSPS) is 15.1. The van der Waals surface area contributed by atoms with E-state index in [1.54, 1.807) is 0 Å². The van der Waals surface area contributed by atoms with Gasteiger partial charge in [-0.3, -0.25) is 4.79 Å². The van der Waals surface area contributed by atoms with E-state index >= 15 is 0 Å². The molecule has 0 spiro atoms. The Kier molecular flexibility index (Phi) is 3.67. The SMILES string of the molecule is Cc1ccc(OCC(=O)N2CCCC2)cc1C. The Bertz CT molecular complexity index is 409. The van der Waals surface area contributed by atoms with E-state index in [-0.39, 0.29) is 12.5 Å². The molecule has 0 saturated carbocycles. The predicted molar refractivity (Wildman–Crippen MR) is 67.2 cm³/mol. The van der Waals surface area contributed by atoms with Crippen LogP contribution in [-0.4, -0.2) is 30.5 Å². The summed E-state index contributed by atoms with van der Waals surface area (Å²) >= 11 is 0. The lowest BCUT2D eigenvalue weighted by molar-refractivity contribution is -0.132. The molecule has 3 heteroatoms. The first-order valence-electron chi connectivity index (χ1n) is 6.14. The van der Waals surface area contributed by atoms with Crippen LogP contribution in [-0.2, 0) is 4.79 Å². The van der Waals surface area contributed by atoms with Gasteiger partial charge in [0, 0.05) is 13.1 Å². The van der Waals surface area contributed by atoms with Crippen LogP contribution >= 0.6 is 0 Å². The maximum absolute atomic E-state index is 11.8. The van der Waals surface area contributed by atoms with Crippen LogP contribution < -0.4 is 4.74 Å². The summed E-state index contributed by atoms with van der Waals surface area (Å²) in [5.74, 6) is 0.876. The number of amides is 1. The molecule has 0 aromatic heterocycles. The summed E-state index contributed by atoms with van der Waals surface area (Å²) < 4.78 is 5.52. The van der Waals surface area contributed by atoms with Gasteiger partial charge in [0.15, 0.2) is 6.61 Å². The van der Waals surface area contributed by atoms with Gasteiger partial charge in [0.1, 0.15) is 5.75 Å². The summed E-state index contributed by atoms with van der Waals surface area (Å²) in [5, 5.41) is 0. The van der Waals surface area contributed by atoms with E-state index < -0.39 is 0 Å². The Balaban J connectivity index is 1.88. The van der Waals surface area contributed by atoms with Crippen molar-refractivity contribution in [3.63, 3.8) is 0 Å². The molecule has 1 saturated heterocycles. The number of carbonyl (C=O) groups is 1. The zero-order valence-electron chi connectivity index (χ0n) is 10.5. The molecule has 17 heavy (non-hydrogen) atoms. The number of benzene rings is 1. The highest BCUT2D eigenvalue weighted by Crippen LogP contribution is 2.16. The van der Waals surface area contributed by atoms with Crippen molar-refractivity contribution in [3.8, 4) is 5.75 Å². The lowest BCUT2D eigenvalue weighted by Gasteiger charge is -2.15. The molecule has 1 aromatic carbocycles. The van der Waals surface area contributed by atoms with Crippen molar-refractivity contribution in [2.75, 3.05) is 19.7 Å². The van der Waals surface area contributed by atoms with Crippen molar-refractivity contribution in [1.29, 1.82) is 0 Å². The van der Waals surface area contributed by atoms with Crippen LogP contribution in [0.5, 0.6) is 5.75 Å². The average Bonchev–Trinajstić information content (AvgIpc) is 2.84. The monoisotopic (exact) mass is 233 g/mol. The maximum Gasteiger partial charge on any atom is 0.260 e. The van der Waals surface area contributed by atoms with E-state index in [1.807, 2.05) is 30.0 Å². The summed E-state index contributed by atoms with van der Waals surface area (Å²) in [7, 11) is 0. The van der Waals surface area contributed by atoms with E-state index in [4.69, 9.17) is 4.74 Å². The molecule has 0 N–H and O–H groups in total. The van der Waals surface area contributed by atoms with E-state index in [2.05, 4.69) is 6.92 Å². The Labute approximate surface area is 102 Å². The number of likely N-dealkylation sites (tertiary alicyclic amines) is 1. The molecule has 1 aliphatic heterocycles. The first-order chi connectivity index (χ1) is 8.16. The molecule has 0 aliphatic carbocycles. The Hall–Kier alpha value is -1.51. The number of hydrogen-bond donors (Lipinski definition) is 0. The van der Waals surface area contributed by atoms with E-state index in [0.29, 0.717) is 0 Å². The lowest BCUT2D eigenvalue weighted by Crippen LogP contribution is -2.32. The zero-order chi connectivity index (χ0) is 12.3. The lowest BCUT2D eigenvalue weighted by atomic mass is 10.1. The third-order valence-electron chi connectivity index (χ3n) is 3.30. The van der Waals surface area contributed by atoms with Crippen molar-refractivity contribution in [3.05, 3.63) is 29.3 Å². The van der Waals surface area contributed by atoms with Crippen molar-refractivity contribution in [1.82, 2.24) is 4.90 Å². The van der Waals surface area contributed by atoms with Crippen LogP contribution in [0.4, 0.5) is 0 Å². The topological polar surface area (TPSA) is 29.5 Å². The van der Waals surface area contributed by atoms with Gasteiger partial charge >= 0.3 is 0 Å². The van der Waals surface area contributed by atoms with Gasteiger partial charge in [-0.2, -0.15) is 0 Å². The van der Waals surface area contributed by atoms with Crippen molar-refractivity contribution in [2.45, 2.75) is 26.7 Å². The number of carbonyl (C=O) groups excluding carboxylic acids is 1. The van der Waals surface area contributed by atoms with Crippen LogP contribution in [0.25, 0.3) is 0 Å². The fourth-order valence-electron chi connectivity index (χ4n) is 2.01. The number of nitrogens with zero attached hydrogens (tertiary/aromatic N) is 1. The minimum absolute atomic E-state index is 0.0979. The molecule has 1 amide bonds. The molecule has 2 rings (SSSR count). The number of aryl methyl sites for hydroxylation is 2. The second-order valence-corrected chi connectivity index (χ2v) is 4.62. The smallest absolute Gasteiger partial charge is 0.260 e. The highest BCUT2D eigenvalue weighted by Gasteiger charge is 2.17. The second-order valence-electron chi connectivity index (χ2n) is 4.62. The molecule has 1 aromatic rings. The average molecular weight is 233 g/mol. The fourth-order valence-corrected chi connectivity index (χ4v) is 2.01.